The van der Waals surface area contributed by atoms with E-state index in [2.05, 4.69) is 42.4 Å². The van der Waals surface area contributed by atoms with Crippen molar-refractivity contribution in [2.75, 3.05) is 26.7 Å². The summed E-state index contributed by atoms with van der Waals surface area (Å²) in [5, 5.41) is 7.64. The van der Waals surface area contributed by atoms with E-state index in [-0.39, 0.29) is 24.0 Å². The maximum absolute atomic E-state index is 4.79. The molecule has 0 bridgehead atoms. The van der Waals surface area contributed by atoms with Gasteiger partial charge in [-0.2, -0.15) is 5.10 Å². The van der Waals surface area contributed by atoms with Gasteiger partial charge in [0.1, 0.15) is 0 Å². The highest BCUT2D eigenvalue weighted by Crippen LogP contribution is 2.28. The minimum Gasteiger partial charge on any atom is -0.357 e. The zero-order valence-electron chi connectivity index (χ0n) is 15.7. The molecule has 0 aliphatic heterocycles. The number of nitrogens with one attached hydrogen (secondary N) is 1. The second-order valence-corrected chi connectivity index (χ2v) is 7.01. The third-order valence-electron chi connectivity index (χ3n) is 4.78. The molecule has 5 nitrogen and oxygen atoms in total. The Balaban J connectivity index is 0.00000288. The summed E-state index contributed by atoms with van der Waals surface area (Å²) in [4.78, 5) is 7.11. The van der Waals surface area contributed by atoms with Crippen LogP contribution in [0.2, 0.25) is 0 Å². The van der Waals surface area contributed by atoms with Gasteiger partial charge in [-0.1, -0.05) is 19.8 Å². The molecule has 6 heteroatoms. The normalized spacial score (nSPS) is 21.2. The highest BCUT2D eigenvalue weighted by atomic mass is 127. The maximum atomic E-state index is 4.79. The molecular weight excluding hydrogens is 413 g/mol. The van der Waals surface area contributed by atoms with Gasteiger partial charge in [-0.3, -0.25) is 9.67 Å². The topological polar surface area (TPSA) is 45.5 Å². The van der Waals surface area contributed by atoms with E-state index in [9.17, 15) is 0 Å². The third-order valence-corrected chi connectivity index (χ3v) is 4.78. The molecule has 0 spiro atoms. The van der Waals surface area contributed by atoms with Crippen molar-refractivity contribution in [1.82, 2.24) is 20.0 Å². The molecule has 0 aromatic carbocycles. The number of halogens is 1. The Labute approximate surface area is 164 Å². The van der Waals surface area contributed by atoms with Gasteiger partial charge in [0.05, 0.1) is 6.20 Å². The Morgan fingerprint density at radius 2 is 2.08 bits per heavy atom. The molecule has 1 N–H and O–H groups in total. The largest absolute Gasteiger partial charge is 0.357 e. The molecule has 1 fully saturated rings. The fourth-order valence-electron chi connectivity index (χ4n) is 3.35. The van der Waals surface area contributed by atoms with Crippen molar-refractivity contribution in [2.45, 2.75) is 46.0 Å². The van der Waals surface area contributed by atoms with Crippen LogP contribution in [0.4, 0.5) is 0 Å². The van der Waals surface area contributed by atoms with Crippen LogP contribution >= 0.6 is 24.0 Å². The number of aryl methyl sites for hydroxylation is 1. The molecule has 1 aromatic heterocycles. The number of aromatic nitrogens is 2. The van der Waals surface area contributed by atoms with E-state index in [0.717, 1.165) is 43.9 Å². The van der Waals surface area contributed by atoms with E-state index in [1.54, 1.807) is 0 Å². The van der Waals surface area contributed by atoms with Crippen LogP contribution < -0.4 is 5.32 Å². The minimum atomic E-state index is 0. The van der Waals surface area contributed by atoms with Crippen LogP contribution in [-0.4, -0.2) is 47.3 Å². The summed E-state index contributed by atoms with van der Waals surface area (Å²) in [6.45, 7) is 7.35. The highest BCUT2D eigenvalue weighted by Gasteiger charge is 2.20. The van der Waals surface area contributed by atoms with Gasteiger partial charge in [-0.25, -0.2) is 0 Å². The molecule has 1 saturated carbocycles. The fourth-order valence-corrected chi connectivity index (χ4v) is 3.35. The second kappa shape index (κ2) is 10.9. The molecule has 1 aliphatic carbocycles. The zero-order chi connectivity index (χ0) is 16.7. The van der Waals surface area contributed by atoms with Crippen LogP contribution in [0.15, 0.2) is 17.4 Å². The van der Waals surface area contributed by atoms with Crippen LogP contribution in [0.25, 0.3) is 0 Å². The average Bonchev–Trinajstić information content (AvgIpc) is 2.94. The van der Waals surface area contributed by atoms with Gasteiger partial charge in [0.2, 0.25) is 0 Å². The van der Waals surface area contributed by atoms with Crippen molar-refractivity contribution in [3.8, 4) is 0 Å². The van der Waals surface area contributed by atoms with Crippen molar-refractivity contribution in [3.05, 3.63) is 18.0 Å². The Hall–Kier alpha value is -0.790. The molecule has 138 valence electrons. The number of nitrogens with zero attached hydrogens (tertiary/aromatic N) is 4. The van der Waals surface area contributed by atoms with Gasteiger partial charge < -0.3 is 10.2 Å². The summed E-state index contributed by atoms with van der Waals surface area (Å²) in [6.07, 6.45) is 10.4. The van der Waals surface area contributed by atoms with E-state index in [1.165, 1.54) is 31.2 Å². The van der Waals surface area contributed by atoms with Gasteiger partial charge in [-0.15, -0.1) is 24.0 Å². The summed E-state index contributed by atoms with van der Waals surface area (Å²) in [7, 11) is 4.12. The summed E-state index contributed by atoms with van der Waals surface area (Å²) < 4.78 is 1.85. The van der Waals surface area contributed by atoms with Crippen molar-refractivity contribution >= 4 is 29.9 Å². The SMILES string of the molecule is CCNC(=NCCc1cnn(C)c1)N(C)CC1CCC(C)CC1.I. The van der Waals surface area contributed by atoms with E-state index in [4.69, 9.17) is 4.99 Å². The van der Waals surface area contributed by atoms with Crippen LogP contribution in [0, 0.1) is 11.8 Å². The van der Waals surface area contributed by atoms with E-state index in [1.807, 2.05) is 17.9 Å². The number of hydrogen-bond donors (Lipinski definition) is 1. The first-order valence-corrected chi connectivity index (χ1v) is 9.05. The Morgan fingerprint density at radius 3 is 2.67 bits per heavy atom. The predicted molar refractivity (Wildman–Crippen MR) is 112 cm³/mol. The molecular formula is C18H34IN5. The van der Waals surface area contributed by atoms with Crippen LogP contribution in [0.3, 0.4) is 0 Å². The monoisotopic (exact) mass is 447 g/mol. The number of aliphatic imine (C=N–C) groups is 1. The molecule has 2 rings (SSSR count). The summed E-state index contributed by atoms with van der Waals surface area (Å²) >= 11 is 0. The Morgan fingerprint density at radius 1 is 1.38 bits per heavy atom. The van der Waals surface area contributed by atoms with E-state index < -0.39 is 0 Å². The van der Waals surface area contributed by atoms with Crippen LogP contribution in [0.1, 0.15) is 45.1 Å². The fraction of sp³-hybridized carbons (Fsp3) is 0.778. The molecule has 24 heavy (non-hydrogen) atoms. The first-order chi connectivity index (χ1) is 11.1. The molecule has 0 amide bonds. The first-order valence-electron chi connectivity index (χ1n) is 9.05. The standard InChI is InChI=1S/C18H33N5.HI/c1-5-19-18(20-11-10-17-12-21-23(4)14-17)22(3)13-16-8-6-15(2)7-9-16;/h12,14-16H,5-11,13H2,1-4H3,(H,19,20);1H. The Bertz CT molecular complexity index is 491. The molecule has 1 heterocycles. The molecule has 0 radical (unpaired) electrons. The lowest BCUT2D eigenvalue weighted by Crippen LogP contribution is -2.42. The van der Waals surface area contributed by atoms with E-state index in [0.29, 0.717) is 0 Å². The van der Waals surface area contributed by atoms with Crippen molar-refractivity contribution in [2.24, 2.45) is 23.9 Å². The Kier molecular flexibility index (Phi) is 9.69. The average molecular weight is 447 g/mol. The van der Waals surface area contributed by atoms with Gasteiger partial charge in [0.25, 0.3) is 0 Å². The lowest BCUT2D eigenvalue weighted by molar-refractivity contribution is 0.250. The number of rotatable bonds is 6. The summed E-state index contributed by atoms with van der Waals surface area (Å²) in [5.74, 6) is 2.77. The molecule has 0 unspecified atom stereocenters. The summed E-state index contributed by atoms with van der Waals surface area (Å²) in [6, 6.07) is 0. The smallest absolute Gasteiger partial charge is 0.193 e. The quantitative estimate of drug-likeness (QED) is 0.414. The number of hydrogen-bond acceptors (Lipinski definition) is 2. The maximum Gasteiger partial charge on any atom is 0.193 e. The van der Waals surface area contributed by atoms with E-state index >= 15 is 0 Å². The molecule has 1 aromatic rings. The minimum absolute atomic E-state index is 0. The van der Waals surface area contributed by atoms with Crippen LogP contribution in [-0.2, 0) is 13.5 Å². The van der Waals surface area contributed by atoms with Crippen LogP contribution in [0.5, 0.6) is 0 Å². The van der Waals surface area contributed by atoms with Gasteiger partial charge in [0, 0.05) is 39.9 Å². The highest BCUT2D eigenvalue weighted by molar-refractivity contribution is 14.0. The zero-order valence-corrected chi connectivity index (χ0v) is 18.0. The lowest BCUT2D eigenvalue weighted by atomic mass is 9.83. The second-order valence-electron chi connectivity index (χ2n) is 7.01. The molecule has 0 saturated heterocycles. The number of guanidine groups is 1. The van der Waals surface area contributed by atoms with Crippen molar-refractivity contribution in [1.29, 1.82) is 0 Å². The van der Waals surface area contributed by atoms with Gasteiger partial charge in [-0.05, 0) is 43.6 Å². The molecule has 0 atom stereocenters. The molecule has 1 aliphatic rings. The lowest BCUT2D eigenvalue weighted by Gasteiger charge is -2.31. The van der Waals surface area contributed by atoms with Crippen molar-refractivity contribution in [3.63, 3.8) is 0 Å². The predicted octanol–water partition coefficient (Wildman–Crippen LogP) is 3.30. The van der Waals surface area contributed by atoms with Gasteiger partial charge >= 0.3 is 0 Å². The van der Waals surface area contributed by atoms with Gasteiger partial charge in [0.15, 0.2) is 5.96 Å². The third kappa shape index (κ3) is 6.99. The first kappa shape index (κ1) is 21.3. The van der Waals surface area contributed by atoms with Crippen molar-refractivity contribution < 1.29 is 0 Å². The summed E-state index contributed by atoms with van der Waals surface area (Å²) in [5.41, 5.74) is 1.25.